The van der Waals surface area contributed by atoms with Crippen molar-refractivity contribution in [3.05, 3.63) is 231 Å². The second-order valence-electron chi connectivity index (χ2n) is 15.7. The van der Waals surface area contributed by atoms with Gasteiger partial charge in [-0.05, 0) is 106 Å². The number of para-hydroxylation sites is 5. The van der Waals surface area contributed by atoms with E-state index in [-0.39, 0.29) is 0 Å². The van der Waals surface area contributed by atoms with Crippen LogP contribution < -0.4 is 4.90 Å². The number of nitrogens with zero attached hydrogens (tertiary/aromatic N) is 2. The Kier molecular flexibility index (Phi) is 8.17. The molecule has 0 bridgehead atoms. The fraction of sp³-hybridized carbons (Fsp3) is 0. The largest absolute Gasteiger partial charge is 0.456 e. The maximum absolute atomic E-state index is 6.40. The lowest BCUT2D eigenvalue weighted by molar-refractivity contribution is 0.669. The molecule has 0 aliphatic rings. The van der Waals surface area contributed by atoms with E-state index >= 15 is 0 Å². The van der Waals surface area contributed by atoms with E-state index < -0.39 is 0 Å². The van der Waals surface area contributed by atoms with Gasteiger partial charge in [-0.15, -0.1) is 0 Å². The van der Waals surface area contributed by atoms with Crippen molar-refractivity contribution < 1.29 is 4.42 Å². The molecule has 0 saturated heterocycles. The summed E-state index contributed by atoms with van der Waals surface area (Å²) < 4.78 is 8.81. The van der Waals surface area contributed by atoms with Crippen LogP contribution in [0.4, 0.5) is 17.1 Å². The molecule has 0 spiro atoms. The summed E-state index contributed by atoms with van der Waals surface area (Å²) >= 11 is 0. The lowest BCUT2D eigenvalue weighted by Gasteiger charge is -2.28. The molecule has 286 valence electrons. The molecule has 12 aromatic rings. The van der Waals surface area contributed by atoms with E-state index in [0.29, 0.717) is 0 Å². The standard InChI is InChI=1S/C58H38N2O/c1-2-15-41-36-43(29-28-39(41)14-1)42-16-13-17-46(37-42)59(53-23-8-4-19-48(53)44-32-35-52-51-22-7-12-27-57(51)61-58(52)38-44)45-33-30-40(31-34-45)47-18-3-9-24-54(47)60-55-25-10-5-20-49(55)50-21-6-11-26-56(50)60/h1-38H. The lowest BCUT2D eigenvalue weighted by Crippen LogP contribution is -2.11. The Labute approximate surface area is 353 Å². The maximum Gasteiger partial charge on any atom is 0.136 e. The Morgan fingerprint density at radius 3 is 1.75 bits per heavy atom. The van der Waals surface area contributed by atoms with Gasteiger partial charge < -0.3 is 13.9 Å². The minimum Gasteiger partial charge on any atom is -0.456 e. The molecule has 0 unspecified atom stereocenters. The number of hydrogen-bond acceptors (Lipinski definition) is 2. The predicted molar refractivity (Wildman–Crippen MR) is 257 cm³/mol. The summed E-state index contributed by atoms with van der Waals surface area (Å²) in [4.78, 5) is 2.39. The number of benzene rings is 10. The first kappa shape index (κ1) is 34.9. The molecule has 0 N–H and O–H groups in total. The third-order valence-corrected chi connectivity index (χ3v) is 12.2. The summed E-state index contributed by atoms with van der Waals surface area (Å²) in [6, 6.07) is 83.0. The first-order valence-corrected chi connectivity index (χ1v) is 20.8. The van der Waals surface area contributed by atoms with Gasteiger partial charge >= 0.3 is 0 Å². The van der Waals surface area contributed by atoms with Crippen LogP contribution in [0.5, 0.6) is 0 Å². The number of rotatable bonds is 7. The Morgan fingerprint density at radius 1 is 0.328 bits per heavy atom. The summed E-state index contributed by atoms with van der Waals surface area (Å²) in [7, 11) is 0. The van der Waals surface area contributed by atoms with Crippen LogP contribution in [-0.2, 0) is 0 Å². The first-order chi connectivity index (χ1) is 30.2. The van der Waals surface area contributed by atoms with Crippen LogP contribution in [0.3, 0.4) is 0 Å². The summed E-state index contributed by atoms with van der Waals surface area (Å²) in [6.45, 7) is 0. The Bertz CT molecular complexity index is 3560. The van der Waals surface area contributed by atoms with E-state index in [0.717, 1.165) is 66.9 Å². The van der Waals surface area contributed by atoms with Crippen molar-refractivity contribution in [2.75, 3.05) is 4.90 Å². The summed E-state index contributed by atoms with van der Waals surface area (Å²) in [5.74, 6) is 0. The van der Waals surface area contributed by atoms with Crippen LogP contribution in [-0.4, -0.2) is 4.57 Å². The summed E-state index contributed by atoms with van der Waals surface area (Å²) in [5, 5.41) is 7.22. The van der Waals surface area contributed by atoms with E-state index in [1.54, 1.807) is 0 Å². The molecule has 2 heterocycles. The highest BCUT2D eigenvalue weighted by atomic mass is 16.3. The van der Waals surface area contributed by atoms with Crippen LogP contribution in [0.2, 0.25) is 0 Å². The molecule has 10 aromatic carbocycles. The van der Waals surface area contributed by atoms with Crippen molar-refractivity contribution in [2.45, 2.75) is 0 Å². The maximum atomic E-state index is 6.40. The zero-order chi connectivity index (χ0) is 40.3. The predicted octanol–water partition coefficient (Wildman–Crippen LogP) is 16.3. The molecule has 0 saturated carbocycles. The molecule has 0 amide bonds. The average Bonchev–Trinajstić information content (AvgIpc) is 3.87. The topological polar surface area (TPSA) is 21.3 Å². The fourth-order valence-electron chi connectivity index (χ4n) is 9.31. The molecule has 3 nitrogen and oxygen atoms in total. The van der Waals surface area contributed by atoms with Gasteiger partial charge in [0, 0.05) is 44.0 Å². The molecule has 0 aliphatic heterocycles. The zero-order valence-electron chi connectivity index (χ0n) is 33.2. The summed E-state index contributed by atoms with van der Waals surface area (Å²) in [6.07, 6.45) is 0. The van der Waals surface area contributed by atoms with Crippen molar-refractivity contribution in [3.8, 4) is 39.1 Å². The van der Waals surface area contributed by atoms with E-state index in [1.807, 2.05) is 12.1 Å². The van der Waals surface area contributed by atoms with Crippen molar-refractivity contribution in [1.82, 2.24) is 4.57 Å². The Hall–Kier alpha value is -8.14. The smallest absolute Gasteiger partial charge is 0.136 e. The minimum atomic E-state index is 0.879. The van der Waals surface area contributed by atoms with Gasteiger partial charge in [0.25, 0.3) is 0 Å². The number of aromatic nitrogens is 1. The number of fused-ring (bicyclic) bond motifs is 7. The lowest BCUT2D eigenvalue weighted by atomic mass is 9.98. The molecule has 0 fully saturated rings. The van der Waals surface area contributed by atoms with Crippen molar-refractivity contribution in [2.24, 2.45) is 0 Å². The van der Waals surface area contributed by atoms with Crippen LogP contribution in [0.25, 0.3) is 93.6 Å². The minimum absolute atomic E-state index is 0.879. The quantitative estimate of drug-likeness (QED) is 0.161. The van der Waals surface area contributed by atoms with Gasteiger partial charge in [-0.1, -0.05) is 158 Å². The summed E-state index contributed by atoms with van der Waals surface area (Å²) in [5.41, 5.74) is 15.4. The van der Waals surface area contributed by atoms with Gasteiger partial charge in [0.05, 0.1) is 22.4 Å². The Balaban J connectivity index is 1.01. The molecule has 0 aliphatic carbocycles. The van der Waals surface area contributed by atoms with Crippen LogP contribution in [0, 0.1) is 0 Å². The van der Waals surface area contributed by atoms with Gasteiger partial charge in [0.1, 0.15) is 11.2 Å². The van der Waals surface area contributed by atoms with E-state index in [9.17, 15) is 0 Å². The van der Waals surface area contributed by atoms with Crippen LogP contribution in [0.15, 0.2) is 235 Å². The average molecular weight is 779 g/mol. The molecule has 61 heavy (non-hydrogen) atoms. The highest BCUT2D eigenvalue weighted by Crippen LogP contribution is 2.44. The van der Waals surface area contributed by atoms with Crippen LogP contribution in [0.1, 0.15) is 0 Å². The van der Waals surface area contributed by atoms with E-state index in [1.165, 1.54) is 43.7 Å². The van der Waals surface area contributed by atoms with E-state index in [4.69, 9.17) is 4.42 Å². The molecular weight excluding hydrogens is 741 g/mol. The van der Waals surface area contributed by atoms with Gasteiger partial charge in [-0.3, -0.25) is 0 Å². The zero-order valence-corrected chi connectivity index (χ0v) is 33.2. The molecule has 3 heteroatoms. The van der Waals surface area contributed by atoms with Gasteiger partial charge in [0.15, 0.2) is 0 Å². The highest BCUT2D eigenvalue weighted by Gasteiger charge is 2.20. The molecule has 12 rings (SSSR count). The van der Waals surface area contributed by atoms with Gasteiger partial charge in [-0.2, -0.15) is 0 Å². The number of hydrogen-bond donors (Lipinski definition) is 0. The third kappa shape index (κ3) is 5.90. The fourth-order valence-corrected chi connectivity index (χ4v) is 9.31. The second-order valence-corrected chi connectivity index (χ2v) is 15.7. The van der Waals surface area contributed by atoms with Crippen molar-refractivity contribution >= 4 is 71.6 Å². The van der Waals surface area contributed by atoms with Crippen molar-refractivity contribution in [1.29, 1.82) is 0 Å². The second kappa shape index (κ2) is 14.3. The monoisotopic (exact) mass is 778 g/mol. The molecular formula is C58H38N2O. The first-order valence-electron chi connectivity index (χ1n) is 20.8. The number of furan rings is 1. The van der Waals surface area contributed by atoms with E-state index in [2.05, 4.69) is 228 Å². The highest BCUT2D eigenvalue weighted by molar-refractivity contribution is 6.10. The Morgan fingerprint density at radius 2 is 0.934 bits per heavy atom. The third-order valence-electron chi connectivity index (χ3n) is 12.2. The number of anilines is 3. The molecule has 2 aromatic heterocycles. The molecule has 0 radical (unpaired) electrons. The molecule has 0 atom stereocenters. The van der Waals surface area contributed by atoms with Gasteiger partial charge in [-0.25, -0.2) is 0 Å². The van der Waals surface area contributed by atoms with Crippen molar-refractivity contribution in [3.63, 3.8) is 0 Å². The van der Waals surface area contributed by atoms with Gasteiger partial charge in [0.2, 0.25) is 0 Å². The van der Waals surface area contributed by atoms with Crippen LogP contribution >= 0.6 is 0 Å². The normalized spacial score (nSPS) is 11.6. The SMILES string of the molecule is c1cc(-c2ccc3ccccc3c2)cc(N(c2ccc(-c3ccccc3-n3c4ccccc4c4ccccc43)cc2)c2ccccc2-c2ccc3c(c2)oc2ccccc23)c1.